The number of nitriles is 1. The molecule has 0 fully saturated rings. The molecule has 0 aliphatic carbocycles. The molecule has 0 radical (unpaired) electrons. The monoisotopic (exact) mass is 175 g/mol. The van der Waals surface area contributed by atoms with E-state index in [1.807, 2.05) is 12.1 Å². The Labute approximate surface area is 76.4 Å². The van der Waals surface area contributed by atoms with E-state index in [0.717, 1.165) is 12.2 Å². The maximum atomic E-state index is 8.87. The van der Waals surface area contributed by atoms with E-state index in [1.54, 1.807) is 11.8 Å². The van der Waals surface area contributed by atoms with Gasteiger partial charge in [-0.2, -0.15) is 5.26 Å². The van der Waals surface area contributed by atoms with E-state index in [1.165, 1.54) is 11.1 Å². The molecule has 60 valence electrons. The molecule has 1 aromatic rings. The smallest absolute Gasteiger partial charge is 0.117 e. The number of rotatable bonds is 0. The lowest BCUT2D eigenvalue weighted by molar-refractivity contribution is 1.04. The molecule has 1 atom stereocenters. The lowest BCUT2D eigenvalue weighted by Gasteiger charge is -2.19. The highest BCUT2D eigenvalue weighted by atomic mass is 32.2. The molecule has 0 N–H and O–H groups in total. The first kappa shape index (κ1) is 7.70. The van der Waals surface area contributed by atoms with Gasteiger partial charge in [0.05, 0.1) is 6.07 Å². The van der Waals surface area contributed by atoms with E-state index < -0.39 is 0 Å². The molecule has 0 aromatic heterocycles. The van der Waals surface area contributed by atoms with Crippen LogP contribution in [0.3, 0.4) is 0 Å². The largest absolute Gasteiger partial charge is 0.197 e. The van der Waals surface area contributed by atoms with Crippen LogP contribution >= 0.6 is 11.8 Å². The molecule has 0 saturated carbocycles. The van der Waals surface area contributed by atoms with Gasteiger partial charge in [-0.1, -0.05) is 24.3 Å². The maximum Gasteiger partial charge on any atom is 0.117 e. The van der Waals surface area contributed by atoms with Crippen molar-refractivity contribution in [2.24, 2.45) is 0 Å². The lowest BCUT2D eigenvalue weighted by Crippen LogP contribution is -2.06. The normalized spacial score (nSPS) is 21.1. The van der Waals surface area contributed by atoms with Gasteiger partial charge in [-0.25, -0.2) is 0 Å². The minimum Gasteiger partial charge on any atom is -0.197 e. The van der Waals surface area contributed by atoms with Crippen LogP contribution < -0.4 is 0 Å². The summed E-state index contributed by atoms with van der Waals surface area (Å²) in [5.41, 5.74) is 2.57. The fourth-order valence-electron chi connectivity index (χ4n) is 1.50. The Bertz CT molecular complexity index is 327. The highest BCUT2D eigenvalue weighted by molar-refractivity contribution is 7.99. The molecule has 0 spiro atoms. The molecule has 1 heterocycles. The van der Waals surface area contributed by atoms with Gasteiger partial charge in [-0.15, -0.1) is 11.8 Å². The summed E-state index contributed by atoms with van der Waals surface area (Å²) in [4.78, 5) is 0. The summed E-state index contributed by atoms with van der Waals surface area (Å²) < 4.78 is 0. The topological polar surface area (TPSA) is 23.8 Å². The van der Waals surface area contributed by atoms with Gasteiger partial charge in [0.2, 0.25) is 0 Å². The summed E-state index contributed by atoms with van der Waals surface area (Å²) in [5, 5.41) is 8.93. The number of nitrogens with zero attached hydrogens (tertiary/aromatic N) is 1. The second-order valence-electron chi connectivity index (χ2n) is 2.83. The van der Waals surface area contributed by atoms with E-state index in [9.17, 15) is 0 Å². The van der Waals surface area contributed by atoms with Gasteiger partial charge < -0.3 is 0 Å². The molecule has 0 saturated heterocycles. The van der Waals surface area contributed by atoms with Gasteiger partial charge in [0, 0.05) is 0 Å². The third-order valence-electron chi connectivity index (χ3n) is 2.11. The molecule has 1 aliphatic heterocycles. The molecular weight excluding hydrogens is 166 g/mol. The van der Waals surface area contributed by atoms with E-state index >= 15 is 0 Å². The SMILES string of the molecule is N#C[C@H]1SCCc2ccccc21. The van der Waals surface area contributed by atoms with E-state index in [0.29, 0.717) is 0 Å². The highest BCUT2D eigenvalue weighted by Gasteiger charge is 2.18. The quantitative estimate of drug-likeness (QED) is 0.605. The molecule has 2 heteroatoms. The van der Waals surface area contributed by atoms with Crippen molar-refractivity contribution >= 4 is 11.8 Å². The molecule has 0 bridgehead atoms. The number of hydrogen-bond donors (Lipinski definition) is 0. The van der Waals surface area contributed by atoms with Crippen LogP contribution in [0, 0.1) is 11.3 Å². The maximum absolute atomic E-state index is 8.87. The third kappa shape index (κ3) is 1.21. The van der Waals surface area contributed by atoms with E-state index in [4.69, 9.17) is 5.26 Å². The van der Waals surface area contributed by atoms with Crippen LogP contribution in [-0.2, 0) is 6.42 Å². The zero-order valence-corrected chi connectivity index (χ0v) is 7.47. The van der Waals surface area contributed by atoms with Crippen molar-refractivity contribution in [3.05, 3.63) is 35.4 Å². The molecule has 0 amide bonds. The van der Waals surface area contributed by atoms with E-state index in [-0.39, 0.29) is 5.25 Å². The van der Waals surface area contributed by atoms with Gasteiger partial charge in [0.15, 0.2) is 0 Å². The number of fused-ring (bicyclic) bond motifs is 1. The van der Waals surface area contributed by atoms with Crippen LogP contribution in [-0.4, -0.2) is 5.75 Å². The number of aryl methyl sites for hydroxylation is 1. The highest BCUT2D eigenvalue weighted by Crippen LogP contribution is 2.35. The van der Waals surface area contributed by atoms with Gasteiger partial charge in [-0.05, 0) is 23.3 Å². The van der Waals surface area contributed by atoms with Crippen LogP contribution in [0.2, 0.25) is 0 Å². The zero-order valence-electron chi connectivity index (χ0n) is 6.66. The van der Waals surface area contributed by atoms with Crippen LogP contribution in [0.15, 0.2) is 24.3 Å². The van der Waals surface area contributed by atoms with Crippen LogP contribution in [0.5, 0.6) is 0 Å². The van der Waals surface area contributed by atoms with Gasteiger partial charge in [-0.3, -0.25) is 0 Å². The average molecular weight is 175 g/mol. The van der Waals surface area contributed by atoms with Crippen molar-refractivity contribution in [3.8, 4) is 6.07 Å². The van der Waals surface area contributed by atoms with Crippen molar-refractivity contribution < 1.29 is 0 Å². The van der Waals surface area contributed by atoms with E-state index in [2.05, 4.69) is 18.2 Å². The van der Waals surface area contributed by atoms with Crippen molar-refractivity contribution in [2.75, 3.05) is 5.75 Å². The minimum absolute atomic E-state index is 0.0648. The Balaban J connectivity index is 2.45. The Kier molecular flexibility index (Phi) is 2.05. The molecule has 1 aromatic carbocycles. The van der Waals surface area contributed by atoms with Crippen molar-refractivity contribution in [1.82, 2.24) is 0 Å². The van der Waals surface area contributed by atoms with Gasteiger partial charge >= 0.3 is 0 Å². The molecule has 2 rings (SSSR count). The van der Waals surface area contributed by atoms with Gasteiger partial charge in [0.25, 0.3) is 0 Å². The summed E-state index contributed by atoms with van der Waals surface area (Å²) in [6.45, 7) is 0. The Morgan fingerprint density at radius 2 is 2.25 bits per heavy atom. The minimum atomic E-state index is 0.0648. The Hall–Kier alpha value is -0.940. The molecule has 1 aliphatic rings. The predicted molar refractivity (Wildman–Crippen MR) is 51.0 cm³/mol. The summed E-state index contributed by atoms with van der Waals surface area (Å²) in [6, 6.07) is 10.6. The fourth-order valence-corrected chi connectivity index (χ4v) is 2.56. The first-order valence-corrected chi connectivity index (χ1v) is 5.05. The van der Waals surface area contributed by atoms with Crippen LogP contribution in [0.25, 0.3) is 0 Å². The summed E-state index contributed by atoms with van der Waals surface area (Å²) in [7, 11) is 0. The number of benzene rings is 1. The standard InChI is InChI=1S/C10H9NS/c11-7-10-9-4-2-1-3-8(9)5-6-12-10/h1-4,10H,5-6H2/t10-/m1/s1. The van der Waals surface area contributed by atoms with Gasteiger partial charge in [0.1, 0.15) is 5.25 Å². The lowest BCUT2D eigenvalue weighted by atomic mass is 10.0. The van der Waals surface area contributed by atoms with Crippen LogP contribution in [0.1, 0.15) is 16.4 Å². The fraction of sp³-hybridized carbons (Fsp3) is 0.300. The Morgan fingerprint density at radius 1 is 1.42 bits per heavy atom. The summed E-state index contributed by atoms with van der Waals surface area (Å²) in [6.07, 6.45) is 1.11. The molecule has 0 unspecified atom stereocenters. The van der Waals surface area contributed by atoms with Crippen LogP contribution in [0.4, 0.5) is 0 Å². The van der Waals surface area contributed by atoms with Crippen molar-refractivity contribution in [3.63, 3.8) is 0 Å². The molecule has 12 heavy (non-hydrogen) atoms. The predicted octanol–water partition coefficient (Wildman–Crippen LogP) is 2.54. The average Bonchev–Trinajstić information content (AvgIpc) is 2.17. The van der Waals surface area contributed by atoms with Crippen molar-refractivity contribution in [2.45, 2.75) is 11.7 Å². The second-order valence-corrected chi connectivity index (χ2v) is 4.04. The number of thioether (sulfide) groups is 1. The molecule has 1 nitrogen and oxygen atoms in total. The second kappa shape index (κ2) is 3.20. The first-order chi connectivity index (χ1) is 5.92. The summed E-state index contributed by atoms with van der Waals surface area (Å²) >= 11 is 1.74. The summed E-state index contributed by atoms with van der Waals surface area (Å²) in [5.74, 6) is 1.08. The Morgan fingerprint density at radius 3 is 3.08 bits per heavy atom. The van der Waals surface area contributed by atoms with Crippen molar-refractivity contribution in [1.29, 1.82) is 5.26 Å². The first-order valence-electron chi connectivity index (χ1n) is 4.01. The zero-order chi connectivity index (χ0) is 8.39. The number of hydrogen-bond acceptors (Lipinski definition) is 2. The molecular formula is C10H9NS. The third-order valence-corrected chi connectivity index (χ3v) is 3.24.